The van der Waals surface area contributed by atoms with Crippen molar-refractivity contribution in [2.75, 3.05) is 7.11 Å². The summed E-state index contributed by atoms with van der Waals surface area (Å²) in [5.41, 5.74) is 1.32. The molecule has 164 valence electrons. The zero-order valence-corrected chi connectivity index (χ0v) is 18.3. The summed E-state index contributed by atoms with van der Waals surface area (Å²) in [5, 5.41) is 1.99. The highest BCUT2D eigenvalue weighted by Crippen LogP contribution is 2.39. The van der Waals surface area contributed by atoms with Crippen molar-refractivity contribution >= 4 is 17.1 Å². The molecule has 0 spiro atoms. The van der Waals surface area contributed by atoms with Crippen LogP contribution in [0.5, 0.6) is 11.5 Å². The summed E-state index contributed by atoms with van der Waals surface area (Å²) >= 11 is 1.59. The molecule has 1 unspecified atom stereocenters. The number of alkyl halides is 3. The molecule has 0 aliphatic rings. The second-order valence-corrected chi connectivity index (χ2v) is 8.23. The van der Waals surface area contributed by atoms with Gasteiger partial charge in [0.2, 0.25) is 0 Å². The average molecular weight is 449 g/mol. The minimum Gasteiger partial charge on any atom is -0.493 e. The lowest BCUT2D eigenvalue weighted by Gasteiger charge is -2.19. The smallest absolute Gasteiger partial charge is 0.416 e. The maximum atomic E-state index is 13.2. The molecule has 0 fully saturated rings. The van der Waals surface area contributed by atoms with Crippen molar-refractivity contribution in [1.29, 1.82) is 0 Å². The molecule has 0 amide bonds. The summed E-state index contributed by atoms with van der Waals surface area (Å²) < 4.78 is 50.8. The highest BCUT2D eigenvalue weighted by Gasteiger charge is 2.33. The lowest BCUT2D eigenvalue weighted by atomic mass is 9.90. The van der Waals surface area contributed by atoms with E-state index in [0.29, 0.717) is 17.9 Å². The van der Waals surface area contributed by atoms with Gasteiger partial charge < -0.3 is 9.47 Å². The lowest BCUT2D eigenvalue weighted by molar-refractivity contribution is -0.138. The predicted molar refractivity (Wildman–Crippen MR) is 115 cm³/mol. The van der Waals surface area contributed by atoms with Gasteiger partial charge in [0.05, 0.1) is 12.7 Å². The maximum Gasteiger partial charge on any atom is 0.416 e. The third kappa shape index (κ3) is 5.47. The van der Waals surface area contributed by atoms with Gasteiger partial charge in [-0.05, 0) is 54.6 Å². The number of carbonyl (C=O) groups excluding carboxylic acids is 1. The van der Waals surface area contributed by atoms with Crippen LogP contribution in [0.25, 0.3) is 0 Å². The Balaban J connectivity index is 1.88. The van der Waals surface area contributed by atoms with Crippen LogP contribution in [0.4, 0.5) is 13.2 Å². The van der Waals surface area contributed by atoms with E-state index >= 15 is 0 Å². The molecule has 0 aliphatic heterocycles. The molecule has 0 saturated carbocycles. The normalized spacial score (nSPS) is 12.5. The van der Waals surface area contributed by atoms with Gasteiger partial charge >= 0.3 is 6.18 Å². The van der Waals surface area contributed by atoms with Crippen LogP contribution in [0, 0.1) is 6.92 Å². The second-order valence-electron chi connectivity index (χ2n) is 7.28. The van der Waals surface area contributed by atoms with Crippen LogP contribution in [0.15, 0.2) is 53.9 Å². The molecule has 1 aromatic heterocycles. The Labute approximate surface area is 183 Å². The predicted octanol–water partition coefficient (Wildman–Crippen LogP) is 6.77. The fraction of sp³-hybridized carbons (Fsp3) is 0.292. The molecule has 2 aromatic carbocycles. The molecule has 0 saturated heterocycles. The van der Waals surface area contributed by atoms with E-state index < -0.39 is 11.7 Å². The van der Waals surface area contributed by atoms with E-state index in [0.717, 1.165) is 22.1 Å². The standard InChI is InChI=1S/C24H23F3O3S/c1-15-10-11-31-23(15)19(12-16(2)28)17-8-9-21(22(13-17)29-3)30-14-18-6-4-5-7-20(18)24(25,26)27/h4-11,13,19H,12,14H2,1-3H3. The fourth-order valence-corrected chi connectivity index (χ4v) is 4.55. The molecule has 0 N–H and O–H groups in total. The van der Waals surface area contributed by atoms with Crippen molar-refractivity contribution in [2.24, 2.45) is 0 Å². The number of methoxy groups -OCH3 is 1. The summed E-state index contributed by atoms with van der Waals surface area (Å²) in [6.07, 6.45) is -4.10. The number of ether oxygens (including phenoxy) is 2. The van der Waals surface area contributed by atoms with Crippen molar-refractivity contribution in [3.8, 4) is 11.5 Å². The van der Waals surface area contributed by atoms with Gasteiger partial charge in [-0.25, -0.2) is 0 Å². The Kier molecular flexibility index (Phi) is 7.05. The van der Waals surface area contributed by atoms with Crippen LogP contribution >= 0.6 is 11.3 Å². The van der Waals surface area contributed by atoms with Crippen molar-refractivity contribution < 1.29 is 27.4 Å². The summed E-state index contributed by atoms with van der Waals surface area (Å²) in [5.74, 6) is 0.699. The number of thiophene rings is 1. The highest BCUT2D eigenvalue weighted by atomic mass is 32.1. The zero-order chi connectivity index (χ0) is 22.6. The number of halogens is 3. The highest BCUT2D eigenvalue weighted by molar-refractivity contribution is 7.10. The first kappa shape index (κ1) is 22.9. The van der Waals surface area contributed by atoms with Gasteiger partial charge in [0.15, 0.2) is 11.5 Å². The Bertz CT molecular complexity index is 1060. The van der Waals surface area contributed by atoms with Gasteiger partial charge in [-0.15, -0.1) is 11.3 Å². The Hall–Kier alpha value is -2.80. The first-order valence-electron chi connectivity index (χ1n) is 9.70. The summed E-state index contributed by atoms with van der Waals surface area (Å²) in [6, 6.07) is 12.6. The molecule has 1 heterocycles. The van der Waals surface area contributed by atoms with Gasteiger partial charge in [-0.1, -0.05) is 24.3 Å². The van der Waals surface area contributed by atoms with Crippen molar-refractivity contribution in [2.45, 2.75) is 39.0 Å². The average Bonchev–Trinajstić information content (AvgIpc) is 3.15. The first-order chi connectivity index (χ1) is 14.7. The summed E-state index contributed by atoms with van der Waals surface area (Å²) in [4.78, 5) is 13.0. The van der Waals surface area contributed by atoms with E-state index in [1.807, 2.05) is 24.4 Å². The lowest BCUT2D eigenvalue weighted by Crippen LogP contribution is -2.11. The third-order valence-electron chi connectivity index (χ3n) is 5.01. The molecular formula is C24H23F3O3S. The Morgan fingerprint density at radius 3 is 2.45 bits per heavy atom. The van der Waals surface area contributed by atoms with Gasteiger partial charge in [-0.3, -0.25) is 4.79 Å². The Morgan fingerprint density at radius 2 is 1.84 bits per heavy atom. The fourth-order valence-electron chi connectivity index (χ4n) is 3.49. The number of rotatable bonds is 8. The van der Waals surface area contributed by atoms with Crippen LogP contribution in [-0.4, -0.2) is 12.9 Å². The SMILES string of the molecule is COc1cc(C(CC(C)=O)c2sccc2C)ccc1OCc1ccccc1C(F)(F)F. The second kappa shape index (κ2) is 9.56. The largest absolute Gasteiger partial charge is 0.493 e. The van der Waals surface area contributed by atoms with Crippen molar-refractivity contribution in [3.63, 3.8) is 0 Å². The van der Waals surface area contributed by atoms with Gasteiger partial charge in [-0.2, -0.15) is 13.2 Å². The number of hydrogen-bond acceptors (Lipinski definition) is 4. The first-order valence-corrected chi connectivity index (χ1v) is 10.6. The molecule has 3 rings (SSSR count). The molecule has 0 radical (unpaired) electrons. The molecule has 1 atom stereocenters. The molecule has 0 aliphatic carbocycles. The minimum absolute atomic E-state index is 0.0461. The van der Waals surface area contributed by atoms with Crippen molar-refractivity contribution in [3.05, 3.63) is 81.0 Å². The van der Waals surface area contributed by atoms with Crippen LogP contribution < -0.4 is 9.47 Å². The maximum absolute atomic E-state index is 13.2. The van der Waals surface area contributed by atoms with Crippen LogP contribution in [-0.2, 0) is 17.6 Å². The molecule has 0 bridgehead atoms. The third-order valence-corrected chi connectivity index (χ3v) is 6.14. The summed E-state index contributed by atoms with van der Waals surface area (Å²) in [6.45, 7) is 3.32. The number of carbonyl (C=O) groups is 1. The van der Waals surface area contributed by atoms with Gasteiger partial charge in [0.1, 0.15) is 12.4 Å². The van der Waals surface area contributed by atoms with Crippen molar-refractivity contribution in [1.82, 2.24) is 0 Å². The van der Waals surface area contributed by atoms with E-state index in [9.17, 15) is 18.0 Å². The monoisotopic (exact) mass is 448 g/mol. The number of aryl methyl sites for hydroxylation is 1. The Morgan fingerprint density at radius 1 is 1.10 bits per heavy atom. The minimum atomic E-state index is -4.45. The van der Waals surface area contributed by atoms with Crippen LogP contribution in [0.1, 0.15) is 46.4 Å². The number of Topliss-reactive ketones (excluding diaryl/α,β-unsaturated/α-hetero) is 1. The molecule has 3 nitrogen and oxygen atoms in total. The molecule has 7 heteroatoms. The topological polar surface area (TPSA) is 35.5 Å². The van der Waals surface area contributed by atoms with E-state index in [-0.39, 0.29) is 23.9 Å². The number of ketones is 1. The number of hydrogen-bond donors (Lipinski definition) is 0. The van der Waals surface area contributed by atoms with Crippen LogP contribution in [0.3, 0.4) is 0 Å². The van der Waals surface area contributed by atoms with Gasteiger partial charge in [0, 0.05) is 22.8 Å². The van der Waals surface area contributed by atoms with E-state index in [4.69, 9.17) is 9.47 Å². The molecular weight excluding hydrogens is 425 g/mol. The summed E-state index contributed by atoms with van der Waals surface area (Å²) in [7, 11) is 1.48. The number of benzene rings is 2. The van der Waals surface area contributed by atoms with Crippen LogP contribution in [0.2, 0.25) is 0 Å². The van der Waals surface area contributed by atoms with E-state index in [2.05, 4.69) is 0 Å². The zero-order valence-electron chi connectivity index (χ0n) is 17.5. The van der Waals surface area contributed by atoms with Gasteiger partial charge in [0.25, 0.3) is 0 Å². The quantitative estimate of drug-likeness (QED) is 0.381. The molecule has 3 aromatic rings. The van der Waals surface area contributed by atoms with E-state index in [1.54, 1.807) is 36.5 Å². The molecule has 31 heavy (non-hydrogen) atoms. The van der Waals surface area contributed by atoms with E-state index in [1.165, 1.54) is 19.2 Å².